The van der Waals surface area contributed by atoms with Gasteiger partial charge in [0.2, 0.25) is 5.91 Å². The Kier molecular flexibility index (Phi) is 5.24. The minimum absolute atomic E-state index is 0.0599. The van der Waals surface area contributed by atoms with Gasteiger partial charge in [-0.1, -0.05) is 36.0 Å². The van der Waals surface area contributed by atoms with Crippen LogP contribution in [0.2, 0.25) is 0 Å². The molecule has 6 heteroatoms. The van der Waals surface area contributed by atoms with Crippen LogP contribution in [-0.4, -0.2) is 27.6 Å². The average molecular weight is 321 g/mol. The lowest BCUT2D eigenvalue weighted by molar-refractivity contribution is -0.143. The highest BCUT2D eigenvalue weighted by atomic mass is 32.2. The summed E-state index contributed by atoms with van der Waals surface area (Å²) in [6.45, 7) is 1.53. The first kappa shape index (κ1) is 16.5. The number of carbonyl (C=O) groups is 3. The molecule has 1 aliphatic rings. The first-order valence-corrected chi connectivity index (χ1v) is 8.16. The molecule has 2 rings (SSSR count). The Morgan fingerprint density at radius 1 is 1.23 bits per heavy atom. The summed E-state index contributed by atoms with van der Waals surface area (Å²) in [6.07, 6.45) is 1.78. The first-order chi connectivity index (χ1) is 10.4. The predicted molar refractivity (Wildman–Crippen MR) is 84.5 cm³/mol. The molecule has 1 amide bonds. The molecule has 0 bridgehead atoms. The van der Waals surface area contributed by atoms with Crippen LogP contribution in [0.5, 0.6) is 0 Å². The standard InChI is InChI=1S/C16H19NO4S/c1-11(18)22-10-13-5-3-2-4-12(13)6-7-14(19)17-16(8-9-16)15(20)21/h2-5H,6-10H2,1H3,(H,17,19)(H,20,21). The lowest BCUT2D eigenvalue weighted by Gasteiger charge is -2.13. The Hall–Kier alpha value is -1.82. The summed E-state index contributed by atoms with van der Waals surface area (Å²) in [5.74, 6) is -0.611. The van der Waals surface area contributed by atoms with E-state index in [1.54, 1.807) is 0 Å². The molecule has 0 saturated heterocycles. The van der Waals surface area contributed by atoms with Crippen LogP contribution in [0.15, 0.2) is 24.3 Å². The zero-order valence-corrected chi connectivity index (χ0v) is 13.2. The second kappa shape index (κ2) is 6.96. The van der Waals surface area contributed by atoms with E-state index < -0.39 is 11.5 Å². The number of carbonyl (C=O) groups excluding carboxylic acids is 2. The second-order valence-corrected chi connectivity index (χ2v) is 6.64. The zero-order valence-electron chi connectivity index (χ0n) is 12.4. The molecule has 5 nitrogen and oxygen atoms in total. The molecule has 1 saturated carbocycles. The van der Waals surface area contributed by atoms with Gasteiger partial charge in [-0.05, 0) is 30.4 Å². The number of carboxylic acid groups (broad SMARTS) is 1. The molecule has 1 aromatic carbocycles. The van der Waals surface area contributed by atoms with Crippen molar-refractivity contribution in [3.05, 3.63) is 35.4 Å². The summed E-state index contributed by atoms with van der Waals surface area (Å²) in [7, 11) is 0. The number of thioether (sulfide) groups is 1. The molecule has 0 spiro atoms. The summed E-state index contributed by atoms with van der Waals surface area (Å²) in [5, 5.41) is 11.7. The van der Waals surface area contributed by atoms with Crippen LogP contribution in [0.25, 0.3) is 0 Å². The number of benzene rings is 1. The molecular formula is C16H19NO4S. The molecule has 1 fully saturated rings. The van der Waals surface area contributed by atoms with Gasteiger partial charge in [-0.2, -0.15) is 0 Å². The third-order valence-corrected chi connectivity index (χ3v) is 4.57. The number of amides is 1. The Morgan fingerprint density at radius 2 is 1.86 bits per heavy atom. The van der Waals surface area contributed by atoms with Crippen molar-refractivity contribution in [3.8, 4) is 0 Å². The highest BCUT2D eigenvalue weighted by Gasteiger charge is 2.51. The van der Waals surface area contributed by atoms with Gasteiger partial charge < -0.3 is 10.4 Å². The Labute approximate surface area is 133 Å². The van der Waals surface area contributed by atoms with Crippen molar-refractivity contribution >= 4 is 28.8 Å². The van der Waals surface area contributed by atoms with Crippen LogP contribution in [0.3, 0.4) is 0 Å². The van der Waals surface area contributed by atoms with Gasteiger partial charge in [-0.3, -0.25) is 9.59 Å². The van der Waals surface area contributed by atoms with Gasteiger partial charge in [0.25, 0.3) is 0 Å². The minimum atomic E-state index is -1.03. The SMILES string of the molecule is CC(=O)SCc1ccccc1CCC(=O)NC1(C(=O)O)CC1. The van der Waals surface area contributed by atoms with E-state index in [0.717, 1.165) is 11.1 Å². The summed E-state index contributed by atoms with van der Waals surface area (Å²) < 4.78 is 0. The van der Waals surface area contributed by atoms with E-state index in [1.807, 2.05) is 24.3 Å². The molecular weight excluding hydrogens is 302 g/mol. The third-order valence-electron chi connectivity index (χ3n) is 3.71. The quantitative estimate of drug-likeness (QED) is 0.804. The average Bonchev–Trinajstić information content (AvgIpc) is 3.24. The van der Waals surface area contributed by atoms with Crippen LogP contribution >= 0.6 is 11.8 Å². The minimum Gasteiger partial charge on any atom is -0.480 e. The third kappa shape index (κ3) is 4.34. The number of nitrogens with one attached hydrogen (secondary N) is 1. The van der Waals surface area contributed by atoms with E-state index in [-0.39, 0.29) is 17.4 Å². The van der Waals surface area contributed by atoms with Crippen molar-refractivity contribution in [2.24, 2.45) is 0 Å². The van der Waals surface area contributed by atoms with Crippen molar-refractivity contribution in [3.63, 3.8) is 0 Å². The predicted octanol–water partition coefficient (Wildman–Crippen LogP) is 2.13. The van der Waals surface area contributed by atoms with Crippen LogP contribution < -0.4 is 5.32 Å². The number of carboxylic acids is 1. The molecule has 1 aliphatic carbocycles. The van der Waals surface area contributed by atoms with E-state index in [4.69, 9.17) is 5.11 Å². The number of hydrogen-bond donors (Lipinski definition) is 2. The maximum Gasteiger partial charge on any atom is 0.329 e. The first-order valence-electron chi connectivity index (χ1n) is 7.17. The van der Waals surface area contributed by atoms with Crippen molar-refractivity contribution in [2.75, 3.05) is 0 Å². The maximum absolute atomic E-state index is 11.9. The number of aryl methyl sites for hydroxylation is 1. The normalized spacial score (nSPS) is 15.1. The van der Waals surface area contributed by atoms with Crippen LogP contribution in [0.4, 0.5) is 0 Å². The smallest absolute Gasteiger partial charge is 0.329 e. The monoisotopic (exact) mass is 321 g/mol. The molecule has 118 valence electrons. The molecule has 1 aromatic rings. The van der Waals surface area contributed by atoms with Gasteiger partial charge in [0.15, 0.2) is 5.12 Å². The molecule has 0 heterocycles. The Balaban J connectivity index is 1.90. The summed E-state index contributed by atoms with van der Waals surface area (Å²) in [4.78, 5) is 34.0. The fraction of sp³-hybridized carbons (Fsp3) is 0.438. The van der Waals surface area contributed by atoms with E-state index in [0.29, 0.717) is 25.0 Å². The Bertz CT molecular complexity index is 596. The van der Waals surface area contributed by atoms with Gasteiger partial charge in [0.1, 0.15) is 5.54 Å². The van der Waals surface area contributed by atoms with Crippen molar-refractivity contribution in [1.82, 2.24) is 5.32 Å². The van der Waals surface area contributed by atoms with E-state index >= 15 is 0 Å². The van der Waals surface area contributed by atoms with Gasteiger partial charge in [-0.15, -0.1) is 0 Å². The molecule has 0 aromatic heterocycles. The van der Waals surface area contributed by atoms with Gasteiger partial charge >= 0.3 is 5.97 Å². The lowest BCUT2D eigenvalue weighted by atomic mass is 10.0. The summed E-state index contributed by atoms with van der Waals surface area (Å²) in [6, 6.07) is 7.69. The summed E-state index contributed by atoms with van der Waals surface area (Å²) in [5.41, 5.74) is 1.03. The molecule has 0 aliphatic heterocycles. The zero-order chi connectivity index (χ0) is 16.2. The highest BCUT2D eigenvalue weighted by molar-refractivity contribution is 8.12. The van der Waals surface area contributed by atoms with Crippen molar-refractivity contribution < 1.29 is 19.5 Å². The van der Waals surface area contributed by atoms with E-state index in [9.17, 15) is 14.4 Å². The fourth-order valence-electron chi connectivity index (χ4n) is 2.22. The molecule has 0 atom stereocenters. The number of hydrogen-bond acceptors (Lipinski definition) is 4. The van der Waals surface area contributed by atoms with Crippen molar-refractivity contribution in [1.29, 1.82) is 0 Å². The number of rotatable bonds is 7. The molecule has 0 radical (unpaired) electrons. The molecule has 22 heavy (non-hydrogen) atoms. The second-order valence-electron chi connectivity index (χ2n) is 5.48. The van der Waals surface area contributed by atoms with Crippen LogP contribution in [0.1, 0.15) is 37.3 Å². The summed E-state index contributed by atoms with van der Waals surface area (Å²) >= 11 is 1.24. The van der Waals surface area contributed by atoms with Crippen molar-refractivity contribution in [2.45, 2.75) is 43.9 Å². The van der Waals surface area contributed by atoms with Gasteiger partial charge in [0.05, 0.1) is 0 Å². The van der Waals surface area contributed by atoms with E-state index in [1.165, 1.54) is 18.7 Å². The fourth-order valence-corrected chi connectivity index (χ4v) is 2.86. The van der Waals surface area contributed by atoms with E-state index in [2.05, 4.69) is 5.32 Å². The maximum atomic E-state index is 11.9. The molecule has 0 unspecified atom stereocenters. The lowest BCUT2D eigenvalue weighted by Crippen LogP contribution is -2.43. The topological polar surface area (TPSA) is 83.5 Å². The molecule has 2 N–H and O–H groups in total. The van der Waals surface area contributed by atoms with Crippen LogP contribution in [-0.2, 0) is 26.6 Å². The van der Waals surface area contributed by atoms with Crippen LogP contribution in [0, 0.1) is 0 Å². The van der Waals surface area contributed by atoms with Gasteiger partial charge in [-0.25, -0.2) is 4.79 Å². The highest BCUT2D eigenvalue weighted by Crippen LogP contribution is 2.35. The largest absolute Gasteiger partial charge is 0.480 e. The number of aliphatic carboxylic acids is 1. The Morgan fingerprint density at radius 3 is 2.41 bits per heavy atom. The van der Waals surface area contributed by atoms with Gasteiger partial charge in [0, 0.05) is 19.1 Å².